The summed E-state index contributed by atoms with van der Waals surface area (Å²) >= 11 is 1.50. The largest absolute Gasteiger partial charge is 0.399 e. The maximum Gasteiger partial charge on any atom is 0.225 e. The average Bonchev–Trinajstić information content (AvgIpc) is 2.40. The van der Waals surface area contributed by atoms with Crippen LogP contribution in [0.5, 0.6) is 0 Å². The highest BCUT2D eigenvalue weighted by Crippen LogP contribution is 2.15. The summed E-state index contributed by atoms with van der Waals surface area (Å²) in [6.45, 7) is 0. The number of carbonyl (C=O) groups is 1. The molecule has 0 fully saturated rings. The lowest BCUT2D eigenvalue weighted by Gasteiger charge is -2.05. The van der Waals surface area contributed by atoms with E-state index < -0.39 is 0 Å². The third-order valence-corrected chi connectivity index (χ3v) is 3.20. The van der Waals surface area contributed by atoms with Crippen molar-refractivity contribution in [2.75, 3.05) is 16.8 Å². The van der Waals surface area contributed by atoms with E-state index in [9.17, 15) is 4.79 Å². The Morgan fingerprint density at radius 1 is 1.37 bits per heavy atom. The number of amides is 1. The van der Waals surface area contributed by atoms with Gasteiger partial charge in [-0.2, -0.15) is 0 Å². The lowest BCUT2D eigenvalue weighted by Crippen LogP contribution is -2.12. The molecular weight excluding hydrogens is 260 g/mol. The van der Waals surface area contributed by atoms with Gasteiger partial charge in [0.15, 0.2) is 0 Å². The predicted octanol–water partition coefficient (Wildman–Crippen LogP) is 2.18. The van der Waals surface area contributed by atoms with E-state index in [4.69, 9.17) is 5.73 Å². The molecule has 6 heteroatoms. The van der Waals surface area contributed by atoms with Gasteiger partial charge in [-0.3, -0.25) is 9.78 Å². The topological polar surface area (TPSA) is 80.9 Å². The van der Waals surface area contributed by atoms with Crippen molar-refractivity contribution in [3.05, 3.63) is 42.9 Å². The van der Waals surface area contributed by atoms with Crippen molar-refractivity contribution in [1.82, 2.24) is 9.97 Å². The number of aromatic nitrogens is 2. The quantitative estimate of drug-likeness (QED) is 0.645. The van der Waals surface area contributed by atoms with Crippen molar-refractivity contribution in [3.8, 4) is 0 Å². The van der Waals surface area contributed by atoms with E-state index in [2.05, 4.69) is 15.3 Å². The Balaban J connectivity index is 1.76. The van der Waals surface area contributed by atoms with Gasteiger partial charge in [0.05, 0.1) is 6.20 Å². The van der Waals surface area contributed by atoms with E-state index in [-0.39, 0.29) is 5.91 Å². The second-order valence-corrected chi connectivity index (χ2v) is 4.93. The second-order valence-electron chi connectivity index (χ2n) is 3.82. The minimum absolute atomic E-state index is 0.0398. The van der Waals surface area contributed by atoms with Crippen LogP contribution in [0.25, 0.3) is 0 Å². The van der Waals surface area contributed by atoms with Crippen molar-refractivity contribution in [2.24, 2.45) is 0 Å². The SMILES string of the molecule is Nc1cccc(NC(=O)CCSc2cnccn2)c1. The van der Waals surface area contributed by atoms with Crippen molar-refractivity contribution in [3.63, 3.8) is 0 Å². The van der Waals surface area contributed by atoms with E-state index in [1.165, 1.54) is 11.8 Å². The summed E-state index contributed by atoms with van der Waals surface area (Å²) in [5.41, 5.74) is 6.99. The lowest BCUT2D eigenvalue weighted by atomic mass is 10.3. The van der Waals surface area contributed by atoms with Crippen LogP contribution in [0.15, 0.2) is 47.9 Å². The van der Waals surface area contributed by atoms with Gasteiger partial charge in [-0.05, 0) is 18.2 Å². The number of hydrogen-bond acceptors (Lipinski definition) is 5. The molecule has 1 heterocycles. The first-order valence-corrected chi connectivity index (χ1v) is 6.77. The molecule has 98 valence electrons. The van der Waals surface area contributed by atoms with Gasteiger partial charge in [-0.15, -0.1) is 11.8 Å². The zero-order valence-electron chi connectivity index (χ0n) is 10.2. The molecule has 0 unspecified atom stereocenters. The number of nitrogens with zero attached hydrogens (tertiary/aromatic N) is 2. The van der Waals surface area contributed by atoms with Crippen LogP contribution in [0.4, 0.5) is 11.4 Å². The summed E-state index contributed by atoms with van der Waals surface area (Å²) < 4.78 is 0. The van der Waals surface area contributed by atoms with Crippen molar-refractivity contribution in [2.45, 2.75) is 11.4 Å². The van der Waals surface area contributed by atoms with Gasteiger partial charge in [0, 0.05) is 35.9 Å². The van der Waals surface area contributed by atoms with Gasteiger partial charge in [-0.1, -0.05) is 6.07 Å². The van der Waals surface area contributed by atoms with Gasteiger partial charge in [0.1, 0.15) is 5.03 Å². The lowest BCUT2D eigenvalue weighted by molar-refractivity contribution is -0.115. The van der Waals surface area contributed by atoms with Gasteiger partial charge in [0.2, 0.25) is 5.91 Å². The number of anilines is 2. The van der Waals surface area contributed by atoms with Crippen LogP contribution in [-0.2, 0) is 4.79 Å². The molecule has 0 spiro atoms. The van der Waals surface area contributed by atoms with Crippen LogP contribution in [0.1, 0.15) is 6.42 Å². The Bertz CT molecular complexity index is 547. The van der Waals surface area contributed by atoms with Crippen LogP contribution in [0.2, 0.25) is 0 Å². The fourth-order valence-corrected chi connectivity index (χ4v) is 2.22. The molecule has 1 aromatic carbocycles. The molecule has 1 amide bonds. The molecule has 0 saturated carbocycles. The van der Waals surface area contributed by atoms with Crippen molar-refractivity contribution in [1.29, 1.82) is 0 Å². The zero-order valence-corrected chi connectivity index (χ0v) is 11.1. The number of thioether (sulfide) groups is 1. The first-order valence-electron chi connectivity index (χ1n) is 5.78. The van der Waals surface area contributed by atoms with Crippen LogP contribution in [-0.4, -0.2) is 21.6 Å². The van der Waals surface area contributed by atoms with Gasteiger partial charge in [0.25, 0.3) is 0 Å². The van der Waals surface area contributed by atoms with E-state index in [0.29, 0.717) is 17.9 Å². The minimum atomic E-state index is -0.0398. The molecule has 0 radical (unpaired) electrons. The molecule has 5 nitrogen and oxygen atoms in total. The summed E-state index contributed by atoms with van der Waals surface area (Å²) in [6, 6.07) is 7.12. The number of nitrogen functional groups attached to an aromatic ring is 1. The molecule has 0 aliphatic heterocycles. The molecule has 1 aromatic heterocycles. The number of carbonyl (C=O) groups excluding carboxylic acids is 1. The highest BCUT2D eigenvalue weighted by atomic mass is 32.2. The number of nitrogens with two attached hydrogens (primary N) is 1. The smallest absolute Gasteiger partial charge is 0.225 e. The highest BCUT2D eigenvalue weighted by Gasteiger charge is 2.03. The summed E-state index contributed by atoms with van der Waals surface area (Å²) in [7, 11) is 0. The van der Waals surface area contributed by atoms with Gasteiger partial charge in [-0.25, -0.2) is 4.98 Å². The molecule has 0 saturated heterocycles. The first kappa shape index (κ1) is 13.4. The molecule has 2 rings (SSSR count). The minimum Gasteiger partial charge on any atom is -0.399 e. The average molecular weight is 274 g/mol. The monoisotopic (exact) mass is 274 g/mol. The summed E-state index contributed by atoms with van der Waals surface area (Å²) in [5, 5.41) is 3.62. The van der Waals surface area contributed by atoms with Gasteiger partial charge >= 0.3 is 0 Å². The van der Waals surface area contributed by atoms with E-state index in [0.717, 1.165) is 10.7 Å². The fraction of sp³-hybridized carbons (Fsp3) is 0.154. The number of hydrogen-bond donors (Lipinski definition) is 2. The van der Waals surface area contributed by atoms with Crippen LogP contribution < -0.4 is 11.1 Å². The summed E-state index contributed by atoms with van der Waals surface area (Å²) in [4.78, 5) is 19.8. The summed E-state index contributed by atoms with van der Waals surface area (Å²) in [5.74, 6) is 0.620. The highest BCUT2D eigenvalue weighted by molar-refractivity contribution is 7.99. The predicted molar refractivity (Wildman–Crippen MR) is 76.9 cm³/mol. The van der Waals surface area contributed by atoms with E-state index >= 15 is 0 Å². The van der Waals surface area contributed by atoms with E-state index in [1.54, 1.807) is 36.8 Å². The van der Waals surface area contributed by atoms with Crippen molar-refractivity contribution < 1.29 is 4.79 Å². The molecule has 0 bridgehead atoms. The van der Waals surface area contributed by atoms with Crippen LogP contribution >= 0.6 is 11.8 Å². The number of rotatable bonds is 5. The van der Waals surface area contributed by atoms with Crippen molar-refractivity contribution >= 4 is 29.0 Å². The Morgan fingerprint density at radius 2 is 2.26 bits per heavy atom. The second kappa shape index (κ2) is 6.75. The zero-order chi connectivity index (χ0) is 13.5. The maximum absolute atomic E-state index is 11.7. The molecule has 19 heavy (non-hydrogen) atoms. The van der Waals surface area contributed by atoms with Gasteiger partial charge < -0.3 is 11.1 Å². The Morgan fingerprint density at radius 3 is 3.00 bits per heavy atom. The molecule has 0 aliphatic rings. The molecular formula is C13H14N4OS. The van der Waals surface area contributed by atoms with Crippen LogP contribution in [0.3, 0.4) is 0 Å². The number of benzene rings is 1. The number of nitrogens with one attached hydrogen (secondary N) is 1. The molecule has 3 N–H and O–H groups in total. The normalized spacial score (nSPS) is 10.1. The molecule has 0 atom stereocenters. The van der Waals surface area contributed by atoms with Crippen LogP contribution in [0, 0.1) is 0 Å². The fourth-order valence-electron chi connectivity index (χ4n) is 1.45. The first-order chi connectivity index (χ1) is 9.24. The Kier molecular flexibility index (Phi) is 4.74. The maximum atomic E-state index is 11.7. The molecule has 0 aliphatic carbocycles. The third-order valence-electron chi connectivity index (χ3n) is 2.29. The Labute approximate surface area is 115 Å². The Hall–Kier alpha value is -2.08. The van der Waals surface area contributed by atoms with E-state index in [1.807, 2.05) is 6.07 Å². The molecule has 2 aromatic rings. The third kappa shape index (κ3) is 4.59. The summed E-state index contributed by atoms with van der Waals surface area (Å²) in [6.07, 6.45) is 5.35. The standard InChI is InChI=1S/C13H14N4OS/c14-10-2-1-3-11(8-10)17-12(18)4-7-19-13-9-15-5-6-16-13/h1-3,5-6,8-9H,4,7,14H2,(H,17,18).